The Bertz CT molecular complexity index is 4810. The number of benzene rings is 8. The molecule has 0 N–H and O–H groups in total. The van der Waals surface area contributed by atoms with Crippen LogP contribution in [0.2, 0.25) is 0 Å². The summed E-state index contributed by atoms with van der Waals surface area (Å²) >= 11 is 0. The van der Waals surface area contributed by atoms with Crippen molar-refractivity contribution in [1.82, 2.24) is 9.97 Å². The van der Waals surface area contributed by atoms with Crippen molar-refractivity contribution in [3.05, 3.63) is 194 Å². The smallest absolute Gasteiger partial charge is 0.180 e. The Morgan fingerprint density at radius 1 is 0.375 bits per heavy atom. The Hall–Kier alpha value is -7.56. The highest BCUT2D eigenvalue weighted by atomic mass is 16.3. The van der Waals surface area contributed by atoms with Gasteiger partial charge in [0.15, 0.2) is 5.58 Å². The van der Waals surface area contributed by atoms with Gasteiger partial charge in [0.2, 0.25) is 0 Å². The molecule has 11 rings (SSSR count). The van der Waals surface area contributed by atoms with Crippen LogP contribution in [0.15, 0.2) is 203 Å². The summed E-state index contributed by atoms with van der Waals surface area (Å²) < 4.78 is 258. The largest absolute Gasteiger partial charge is 0.455 e. The third kappa shape index (κ3) is 5.47. The molecule has 0 bridgehead atoms. The number of para-hydroxylation sites is 2. The zero-order valence-corrected chi connectivity index (χ0v) is 28.0. The van der Waals surface area contributed by atoms with Crippen molar-refractivity contribution in [1.29, 1.82) is 0 Å². The highest BCUT2D eigenvalue weighted by Crippen LogP contribution is 2.39. The van der Waals surface area contributed by atoms with Crippen LogP contribution in [0.1, 0.15) is 38.4 Å². The molecule has 3 aromatic heterocycles. The summed E-state index contributed by atoms with van der Waals surface area (Å²) in [6.07, 6.45) is 0.987. The molecule has 0 fully saturated rings. The van der Waals surface area contributed by atoms with Crippen molar-refractivity contribution >= 4 is 44.0 Å². The molecule has 0 atom stereocenters. The van der Waals surface area contributed by atoms with Crippen molar-refractivity contribution in [3.63, 3.8) is 0 Å². The van der Waals surface area contributed by atoms with E-state index in [0.29, 0.717) is 0 Å². The van der Waals surface area contributed by atoms with Crippen molar-refractivity contribution in [2.75, 3.05) is 0 Å². The molecule has 0 amide bonds. The maximum atomic E-state index is 9.53. The Morgan fingerprint density at radius 3 is 1.70 bits per heavy atom. The average molecular weight is 745 g/mol. The van der Waals surface area contributed by atoms with Gasteiger partial charge >= 0.3 is 0 Å². The van der Waals surface area contributed by atoms with Gasteiger partial charge in [-0.15, -0.1) is 0 Å². The van der Waals surface area contributed by atoms with E-state index in [1.165, 1.54) is 18.2 Å². The van der Waals surface area contributed by atoms with Gasteiger partial charge in [-0.3, -0.25) is 0 Å². The predicted molar refractivity (Wildman–Crippen MR) is 229 cm³/mol. The van der Waals surface area contributed by atoms with Gasteiger partial charge in [0.1, 0.15) is 34.3 Å². The summed E-state index contributed by atoms with van der Waals surface area (Å²) in [6.45, 7) is 0. The Balaban J connectivity index is 1.08. The quantitative estimate of drug-likeness (QED) is 0.170. The summed E-state index contributed by atoms with van der Waals surface area (Å²) in [5.41, 5.74) is -7.76. The molecule has 56 heavy (non-hydrogen) atoms. The molecule has 0 aliphatic heterocycles. The van der Waals surface area contributed by atoms with Crippen LogP contribution in [-0.2, 0) is 0 Å². The minimum absolute atomic E-state index is 0.0102. The van der Waals surface area contributed by atoms with Crippen molar-refractivity contribution < 1.29 is 47.2 Å². The van der Waals surface area contributed by atoms with Gasteiger partial charge in [-0.05, 0) is 80.3 Å². The van der Waals surface area contributed by atoms with Gasteiger partial charge in [0, 0.05) is 27.3 Å². The molecule has 0 aliphatic rings. The zero-order valence-electron chi connectivity index (χ0n) is 56.0. The third-order valence-corrected chi connectivity index (χ3v) is 8.71. The first kappa shape index (κ1) is 14.6. The van der Waals surface area contributed by atoms with Crippen LogP contribution < -0.4 is 0 Å². The van der Waals surface area contributed by atoms with E-state index in [2.05, 4.69) is 9.97 Å². The minimum Gasteiger partial charge on any atom is -0.455 e. The molecule has 4 nitrogen and oxygen atoms in total. The fourth-order valence-corrected chi connectivity index (χ4v) is 6.11. The molecule has 0 radical (unpaired) electrons. The molecule has 8 aromatic carbocycles. The second kappa shape index (κ2) is 13.1. The van der Waals surface area contributed by atoms with Gasteiger partial charge < -0.3 is 8.83 Å². The van der Waals surface area contributed by atoms with Gasteiger partial charge in [0.05, 0.1) is 38.4 Å². The molecule has 4 heteroatoms. The minimum atomic E-state index is -0.946. The van der Waals surface area contributed by atoms with E-state index >= 15 is 0 Å². The SMILES string of the molecule is [2H]c1c([2H])c([2H])c(-c2c([2H])c([2H])c(-c3c([2H])c([2H])c([2H])c(-c4ccc5oc6c(-c7c([2H])c([2H])c([2H])c(-c8c([2H])c([2H])c(-c9c([2H])c([2H])c([2H])c%10c9oc9c([2H])c([2H])c([2H])c([2H])c9%10)c([2H])c8[2H])c7[2H])ncnc6c5c4)c3[2H])c([2H])c2[2H])c([2H])c1[2H]. The number of hydrogen-bond acceptors (Lipinski definition) is 4. The molecule has 0 saturated carbocycles. The predicted octanol–water partition coefficient (Wildman–Crippen LogP) is 14.3. The van der Waals surface area contributed by atoms with Crippen LogP contribution in [-0.4, -0.2) is 9.97 Å². The third-order valence-electron chi connectivity index (χ3n) is 8.71. The monoisotopic (exact) mass is 744 g/mol. The Morgan fingerprint density at radius 2 is 0.929 bits per heavy atom. The van der Waals surface area contributed by atoms with Crippen LogP contribution in [0, 0.1) is 0 Å². The summed E-state index contributed by atoms with van der Waals surface area (Å²) in [4.78, 5) is 8.65. The highest BCUT2D eigenvalue weighted by Gasteiger charge is 2.17. The number of nitrogens with zero attached hydrogens (tertiary/aromatic N) is 2. The first-order valence-electron chi connectivity index (χ1n) is 30.5. The van der Waals surface area contributed by atoms with Gasteiger partial charge in [0.25, 0.3) is 0 Å². The van der Waals surface area contributed by atoms with Crippen LogP contribution >= 0.6 is 0 Å². The lowest BCUT2D eigenvalue weighted by Gasteiger charge is -2.08. The lowest BCUT2D eigenvalue weighted by atomic mass is 9.96. The molecule has 3 heterocycles. The molecule has 11 aromatic rings. The lowest BCUT2D eigenvalue weighted by Crippen LogP contribution is -1.88. The molecule has 0 unspecified atom stereocenters. The summed E-state index contributed by atoms with van der Waals surface area (Å²) in [7, 11) is 0. The fraction of sp³-hybridized carbons (Fsp3) is 0. The number of hydrogen-bond donors (Lipinski definition) is 0. The first-order chi connectivity index (χ1) is 39.4. The first-order valence-corrected chi connectivity index (χ1v) is 16.5. The second-order valence-electron chi connectivity index (χ2n) is 12.0. The van der Waals surface area contributed by atoms with E-state index < -0.39 is 230 Å². The molecule has 0 saturated heterocycles. The van der Waals surface area contributed by atoms with Crippen LogP contribution in [0.4, 0.5) is 0 Å². The molecular weight excluding hydrogens is 685 g/mol. The number of fused-ring (bicyclic) bond motifs is 6. The van der Waals surface area contributed by atoms with E-state index in [1.807, 2.05) is 0 Å². The Kier molecular flexibility index (Phi) is 3.41. The van der Waals surface area contributed by atoms with Gasteiger partial charge in [-0.2, -0.15) is 0 Å². The second-order valence-corrected chi connectivity index (χ2v) is 12.0. The summed E-state index contributed by atoms with van der Waals surface area (Å²) in [5.74, 6) is 0. The zero-order chi connectivity index (χ0) is 61.4. The van der Waals surface area contributed by atoms with E-state index in [-0.39, 0.29) is 49.7 Å². The van der Waals surface area contributed by atoms with E-state index in [1.54, 1.807) is 0 Å². The number of furan rings is 2. The van der Waals surface area contributed by atoms with Gasteiger partial charge in [-0.25, -0.2) is 9.97 Å². The molecule has 262 valence electrons. The van der Waals surface area contributed by atoms with E-state index in [0.717, 1.165) is 6.33 Å². The maximum absolute atomic E-state index is 9.53. The summed E-state index contributed by atoms with van der Waals surface area (Å²) in [6, 6.07) is -18.8. The van der Waals surface area contributed by atoms with Crippen molar-refractivity contribution in [3.8, 4) is 66.9 Å². The maximum Gasteiger partial charge on any atom is 0.180 e. The summed E-state index contributed by atoms with van der Waals surface area (Å²) in [5, 5.41) is -0.600. The van der Waals surface area contributed by atoms with Crippen molar-refractivity contribution in [2.24, 2.45) is 0 Å². The van der Waals surface area contributed by atoms with E-state index in [4.69, 9.17) is 39.0 Å². The highest BCUT2D eigenvalue weighted by molar-refractivity contribution is 6.10. The standard InChI is InChI=1S/C52H32N2O2/c1-2-9-33(10-3-1)34-19-21-35(22-20-34)38-11-6-13-40(29-38)41-27-28-48-46(31-41)50-52(56-48)49(53-32-54-50)42-14-7-12-39(30-42)36-23-25-37(26-24-36)43-16-8-17-45-44-15-4-5-18-47(44)55-51(43)45/h1-32H/i1D,2D,3D,4D,5D,6D,7D,8D,9D,10D,11D,12D,13D,14D,15D,16D,17D,18D,19D,20D,21D,22D,23D,24D,25D,26D,29D,30D. The van der Waals surface area contributed by atoms with Crippen LogP contribution in [0.3, 0.4) is 0 Å². The van der Waals surface area contributed by atoms with E-state index in [9.17, 15) is 8.22 Å². The Labute approximate surface area is 362 Å². The number of rotatable bonds is 6. The average Bonchev–Trinajstić information content (AvgIpc) is 1.50. The van der Waals surface area contributed by atoms with Crippen LogP contribution in [0.5, 0.6) is 0 Å². The topological polar surface area (TPSA) is 52.1 Å². The molecule has 0 spiro atoms. The van der Waals surface area contributed by atoms with Crippen LogP contribution in [0.25, 0.3) is 111 Å². The van der Waals surface area contributed by atoms with Gasteiger partial charge in [-0.1, -0.05) is 157 Å². The normalized spacial score (nSPS) is 18.6. The molecule has 0 aliphatic carbocycles. The lowest BCUT2D eigenvalue weighted by molar-refractivity contribution is 0.667. The fourth-order valence-electron chi connectivity index (χ4n) is 6.11. The van der Waals surface area contributed by atoms with Crippen molar-refractivity contribution in [2.45, 2.75) is 0 Å². The molecular formula is C52H32N2O2. The number of aromatic nitrogens is 2.